The molecule has 1 fully saturated rings. The molecule has 0 aromatic heterocycles. The lowest BCUT2D eigenvalue weighted by atomic mass is 10.1. The van der Waals surface area contributed by atoms with E-state index in [4.69, 9.17) is 4.74 Å². The van der Waals surface area contributed by atoms with Crippen molar-refractivity contribution in [1.29, 1.82) is 0 Å². The third kappa shape index (κ3) is 6.24. The largest absolute Gasteiger partial charge is 0.484 e. The Labute approximate surface area is 239 Å². The lowest BCUT2D eigenvalue weighted by Crippen LogP contribution is -2.27. The van der Waals surface area contributed by atoms with Gasteiger partial charge >= 0.3 is 0 Å². The van der Waals surface area contributed by atoms with Gasteiger partial charge in [-0.2, -0.15) is 0 Å². The second-order valence-corrected chi connectivity index (χ2v) is 11.1. The van der Waals surface area contributed by atoms with Crippen molar-refractivity contribution in [3.8, 4) is 5.75 Å². The number of hydrogen-bond acceptors (Lipinski definition) is 5. The Morgan fingerprint density at radius 1 is 0.949 bits per heavy atom. The van der Waals surface area contributed by atoms with Gasteiger partial charge in [0.2, 0.25) is 0 Å². The van der Waals surface area contributed by atoms with Crippen LogP contribution in [0.25, 0.3) is 16.8 Å². The van der Waals surface area contributed by atoms with Crippen molar-refractivity contribution in [3.63, 3.8) is 0 Å². The summed E-state index contributed by atoms with van der Waals surface area (Å²) in [6.07, 6.45) is 1.69. The Hall–Kier alpha value is -3.88. The quantitative estimate of drug-likeness (QED) is 0.223. The molecular formula is C31H25BrN2O4S. The van der Waals surface area contributed by atoms with Gasteiger partial charge in [0.25, 0.3) is 17.1 Å². The molecular weight excluding hydrogens is 576 g/mol. The molecule has 1 aliphatic heterocycles. The first kappa shape index (κ1) is 26.7. The molecule has 1 aliphatic rings. The number of carbonyl (C=O) groups is 3. The van der Waals surface area contributed by atoms with Crippen LogP contribution in [0, 0.1) is 13.8 Å². The van der Waals surface area contributed by atoms with Crippen molar-refractivity contribution >= 4 is 67.3 Å². The van der Waals surface area contributed by atoms with Crippen LogP contribution in [-0.2, 0) is 16.1 Å². The van der Waals surface area contributed by atoms with Crippen molar-refractivity contribution in [1.82, 2.24) is 4.90 Å². The number of aryl methyl sites for hydroxylation is 2. The average molecular weight is 602 g/mol. The van der Waals surface area contributed by atoms with E-state index < -0.39 is 0 Å². The average Bonchev–Trinajstić information content (AvgIpc) is 3.18. The van der Waals surface area contributed by atoms with Gasteiger partial charge in [-0.1, -0.05) is 48.5 Å². The SMILES string of the molecule is Cc1cc(Br)c(NC(=O)COc2ccc(C=C3SC(=O)N(Cc4ccc5ccccc5c4)C3=O)cc2)cc1C. The van der Waals surface area contributed by atoms with Crippen molar-refractivity contribution in [2.75, 3.05) is 11.9 Å². The van der Waals surface area contributed by atoms with Gasteiger partial charge in [0, 0.05) is 4.47 Å². The van der Waals surface area contributed by atoms with Crippen LogP contribution in [0.3, 0.4) is 0 Å². The van der Waals surface area contributed by atoms with E-state index in [1.165, 1.54) is 4.90 Å². The van der Waals surface area contributed by atoms with Crippen LogP contribution in [0.1, 0.15) is 22.3 Å². The molecule has 39 heavy (non-hydrogen) atoms. The number of rotatable bonds is 7. The molecule has 1 heterocycles. The standard InChI is InChI=1S/C31H25BrN2O4S/c1-19-13-26(32)27(14-20(19)2)33-29(35)18-38-25-11-8-21(9-12-25)16-28-30(36)34(31(37)39-28)17-22-7-10-23-5-3-4-6-24(23)15-22/h3-16H,17-18H2,1-2H3,(H,33,35). The van der Waals surface area contributed by atoms with Crippen LogP contribution >= 0.6 is 27.7 Å². The van der Waals surface area contributed by atoms with E-state index in [-0.39, 0.29) is 30.2 Å². The van der Waals surface area contributed by atoms with Crippen molar-refractivity contribution in [2.24, 2.45) is 0 Å². The molecule has 3 amide bonds. The number of fused-ring (bicyclic) bond motifs is 1. The molecule has 0 unspecified atom stereocenters. The fourth-order valence-corrected chi connectivity index (χ4v) is 5.57. The molecule has 5 rings (SSSR count). The van der Waals surface area contributed by atoms with Crippen molar-refractivity contribution in [3.05, 3.63) is 110 Å². The lowest BCUT2D eigenvalue weighted by Gasteiger charge is -2.13. The topological polar surface area (TPSA) is 75.7 Å². The van der Waals surface area contributed by atoms with Gasteiger partial charge in [-0.3, -0.25) is 19.3 Å². The molecule has 196 valence electrons. The first-order chi connectivity index (χ1) is 18.8. The van der Waals surface area contributed by atoms with Gasteiger partial charge in [-0.25, -0.2) is 0 Å². The van der Waals surface area contributed by atoms with E-state index in [1.54, 1.807) is 30.3 Å². The second kappa shape index (κ2) is 11.5. The summed E-state index contributed by atoms with van der Waals surface area (Å²) >= 11 is 4.41. The summed E-state index contributed by atoms with van der Waals surface area (Å²) in [5, 5.41) is 4.73. The van der Waals surface area contributed by atoms with Crippen LogP contribution < -0.4 is 10.1 Å². The fraction of sp³-hybridized carbons (Fsp3) is 0.129. The second-order valence-electron chi connectivity index (χ2n) is 9.27. The molecule has 0 saturated carbocycles. The molecule has 0 aliphatic carbocycles. The number of nitrogens with one attached hydrogen (secondary N) is 1. The summed E-state index contributed by atoms with van der Waals surface area (Å²) in [7, 11) is 0. The van der Waals surface area contributed by atoms with E-state index in [1.807, 2.05) is 68.4 Å². The highest BCUT2D eigenvalue weighted by molar-refractivity contribution is 9.10. The smallest absolute Gasteiger partial charge is 0.293 e. The van der Waals surface area contributed by atoms with E-state index in [0.29, 0.717) is 16.3 Å². The minimum absolute atomic E-state index is 0.146. The summed E-state index contributed by atoms with van der Waals surface area (Å²) in [4.78, 5) is 39.6. The zero-order valence-electron chi connectivity index (χ0n) is 21.4. The third-order valence-corrected chi connectivity index (χ3v) is 8.00. The number of halogens is 1. The van der Waals surface area contributed by atoms with Crippen LogP contribution in [-0.4, -0.2) is 28.6 Å². The molecule has 0 atom stereocenters. The van der Waals surface area contributed by atoms with E-state index in [2.05, 4.69) is 21.2 Å². The maximum atomic E-state index is 13.0. The number of benzene rings is 4. The predicted octanol–water partition coefficient (Wildman–Crippen LogP) is 7.47. The zero-order chi connectivity index (χ0) is 27.5. The number of amides is 3. The summed E-state index contributed by atoms with van der Waals surface area (Å²) in [5.41, 5.74) is 4.55. The maximum Gasteiger partial charge on any atom is 0.293 e. The molecule has 1 N–H and O–H groups in total. The summed E-state index contributed by atoms with van der Waals surface area (Å²) in [6.45, 7) is 4.07. The first-order valence-corrected chi connectivity index (χ1v) is 13.9. The summed E-state index contributed by atoms with van der Waals surface area (Å²) < 4.78 is 6.44. The molecule has 8 heteroatoms. The van der Waals surface area contributed by atoms with Gasteiger partial charge in [-0.05, 0) is 111 Å². The normalized spacial score (nSPS) is 14.3. The predicted molar refractivity (Wildman–Crippen MR) is 160 cm³/mol. The lowest BCUT2D eigenvalue weighted by molar-refractivity contribution is -0.123. The number of anilines is 1. The Bertz CT molecular complexity index is 1630. The van der Waals surface area contributed by atoms with Crippen LogP contribution in [0.4, 0.5) is 10.5 Å². The number of nitrogens with zero attached hydrogens (tertiary/aromatic N) is 1. The summed E-state index contributed by atoms with van der Waals surface area (Å²) in [5.74, 6) is -0.0679. The molecule has 0 radical (unpaired) electrons. The van der Waals surface area contributed by atoms with Crippen molar-refractivity contribution in [2.45, 2.75) is 20.4 Å². The van der Waals surface area contributed by atoms with E-state index >= 15 is 0 Å². The zero-order valence-corrected chi connectivity index (χ0v) is 23.8. The van der Waals surface area contributed by atoms with Gasteiger partial charge in [0.05, 0.1) is 17.1 Å². The molecule has 4 aromatic carbocycles. The molecule has 0 spiro atoms. The summed E-state index contributed by atoms with van der Waals surface area (Å²) in [6, 6.07) is 24.8. The molecule has 0 bridgehead atoms. The Balaban J connectivity index is 1.19. The maximum absolute atomic E-state index is 13.0. The molecule has 4 aromatic rings. The Kier molecular flexibility index (Phi) is 7.86. The number of thioether (sulfide) groups is 1. The van der Waals surface area contributed by atoms with Crippen LogP contribution in [0.15, 0.2) is 88.2 Å². The molecule has 1 saturated heterocycles. The highest BCUT2D eigenvalue weighted by Gasteiger charge is 2.35. The molecule has 6 nitrogen and oxygen atoms in total. The highest BCUT2D eigenvalue weighted by atomic mass is 79.9. The number of ether oxygens (including phenoxy) is 1. The minimum Gasteiger partial charge on any atom is -0.484 e. The van der Waals surface area contributed by atoms with Crippen molar-refractivity contribution < 1.29 is 19.1 Å². The minimum atomic E-state index is -0.312. The van der Waals surface area contributed by atoms with Crippen LogP contribution in [0.2, 0.25) is 0 Å². The fourth-order valence-electron chi connectivity index (χ4n) is 4.18. The van der Waals surface area contributed by atoms with Gasteiger partial charge in [0.15, 0.2) is 6.61 Å². The van der Waals surface area contributed by atoms with Gasteiger partial charge in [0.1, 0.15) is 5.75 Å². The van der Waals surface area contributed by atoms with Gasteiger partial charge in [-0.15, -0.1) is 0 Å². The highest BCUT2D eigenvalue weighted by Crippen LogP contribution is 2.34. The van der Waals surface area contributed by atoms with Crippen LogP contribution in [0.5, 0.6) is 5.75 Å². The van der Waals surface area contributed by atoms with E-state index in [9.17, 15) is 14.4 Å². The number of carbonyl (C=O) groups excluding carboxylic acids is 3. The van der Waals surface area contributed by atoms with Gasteiger partial charge < -0.3 is 10.1 Å². The number of hydrogen-bond donors (Lipinski definition) is 1. The Morgan fingerprint density at radius 3 is 2.44 bits per heavy atom. The number of imide groups is 1. The monoisotopic (exact) mass is 600 g/mol. The van der Waals surface area contributed by atoms with E-state index in [0.717, 1.165) is 49.3 Å². The Morgan fingerprint density at radius 2 is 1.67 bits per heavy atom. The third-order valence-electron chi connectivity index (χ3n) is 6.43. The first-order valence-electron chi connectivity index (χ1n) is 12.3.